The van der Waals surface area contributed by atoms with E-state index in [0.717, 1.165) is 22.5 Å². The van der Waals surface area contributed by atoms with Gasteiger partial charge in [0.05, 0.1) is 5.75 Å². The van der Waals surface area contributed by atoms with Gasteiger partial charge in [-0.2, -0.15) is 0 Å². The Labute approximate surface area is 179 Å². The van der Waals surface area contributed by atoms with E-state index in [4.69, 9.17) is 0 Å². The molecule has 150 valence electrons. The van der Waals surface area contributed by atoms with E-state index in [0.29, 0.717) is 11.0 Å². The Balaban J connectivity index is 1.56. The summed E-state index contributed by atoms with van der Waals surface area (Å²) in [6.45, 7) is 4.08. The predicted octanol–water partition coefficient (Wildman–Crippen LogP) is 4.68. The van der Waals surface area contributed by atoms with E-state index in [1.54, 1.807) is 12.4 Å². The van der Waals surface area contributed by atoms with Gasteiger partial charge in [-0.25, -0.2) is 0 Å². The Morgan fingerprint density at radius 3 is 2.47 bits per heavy atom. The molecule has 0 fully saturated rings. The number of amides is 1. The number of thioether (sulfide) groups is 1. The van der Waals surface area contributed by atoms with Crippen LogP contribution < -0.4 is 5.32 Å². The predicted molar refractivity (Wildman–Crippen MR) is 120 cm³/mol. The van der Waals surface area contributed by atoms with Crippen molar-refractivity contribution in [3.8, 4) is 17.1 Å². The summed E-state index contributed by atoms with van der Waals surface area (Å²) < 4.78 is 1.96. The molecule has 0 aliphatic rings. The van der Waals surface area contributed by atoms with Gasteiger partial charge in [0.15, 0.2) is 11.0 Å². The van der Waals surface area contributed by atoms with Gasteiger partial charge < -0.3 is 5.32 Å². The first kappa shape index (κ1) is 19.8. The molecule has 0 atom stereocenters. The molecule has 7 heteroatoms. The summed E-state index contributed by atoms with van der Waals surface area (Å²) >= 11 is 1.35. The Kier molecular flexibility index (Phi) is 5.90. The number of hydrogen-bond donors (Lipinski definition) is 1. The highest BCUT2D eigenvalue weighted by molar-refractivity contribution is 7.99. The van der Waals surface area contributed by atoms with Gasteiger partial charge in [-0.05, 0) is 61.4 Å². The maximum absolute atomic E-state index is 12.5. The second-order valence-corrected chi connectivity index (χ2v) is 7.79. The van der Waals surface area contributed by atoms with Crippen molar-refractivity contribution in [3.05, 3.63) is 84.2 Å². The Morgan fingerprint density at radius 2 is 1.73 bits per heavy atom. The Hall–Kier alpha value is -3.45. The smallest absolute Gasteiger partial charge is 0.234 e. The molecule has 0 saturated carbocycles. The minimum absolute atomic E-state index is 0.0867. The zero-order valence-corrected chi connectivity index (χ0v) is 17.6. The second-order valence-electron chi connectivity index (χ2n) is 6.85. The van der Waals surface area contributed by atoms with E-state index in [-0.39, 0.29) is 11.7 Å². The highest BCUT2D eigenvalue weighted by Crippen LogP contribution is 2.27. The standard InChI is InChI=1S/C23H21N5OS/c1-16-8-9-19(14-17(16)2)25-21(29)15-30-23-27-26-22(18-10-12-24-13-11-18)28(23)20-6-4-3-5-7-20/h3-14H,15H2,1-2H3,(H,25,29). The maximum atomic E-state index is 12.5. The Morgan fingerprint density at radius 1 is 0.967 bits per heavy atom. The van der Waals surface area contributed by atoms with Gasteiger partial charge in [0, 0.05) is 29.3 Å². The molecule has 6 nitrogen and oxygen atoms in total. The third kappa shape index (κ3) is 4.41. The molecule has 0 radical (unpaired) electrons. The largest absolute Gasteiger partial charge is 0.325 e. The van der Waals surface area contributed by atoms with Gasteiger partial charge >= 0.3 is 0 Å². The van der Waals surface area contributed by atoms with E-state index in [9.17, 15) is 4.79 Å². The third-order valence-corrected chi connectivity index (χ3v) is 5.64. The van der Waals surface area contributed by atoms with Gasteiger partial charge in [-0.15, -0.1) is 10.2 Å². The molecule has 0 bridgehead atoms. The van der Waals surface area contributed by atoms with Crippen molar-refractivity contribution in [2.24, 2.45) is 0 Å². The molecule has 1 amide bonds. The molecule has 2 aromatic carbocycles. The third-order valence-electron chi connectivity index (χ3n) is 4.71. The van der Waals surface area contributed by atoms with Crippen LogP contribution in [-0.2, 0) is 4.79 Å². The van der Waals surface area contributed by atoms with Crippen LogP contribution in [-0.4, -0.2) is 31.4 Å². The summed E-state index contributed by atoms with van der Waals surface area (Å²) in [5.41, 5.74) is 4.98. The van der Waals surface area contributed by atoms with Crippen LogP contribution in [0.4, 0.5) is 5.69 Å². The first-order valence-electron chi connectivity index (χ1n) is 9.53. The van der Waals surface area contributed by atoms with Crippen molar-refractivity contribution in [2.45, 2.75) is 19.0 Å². The van der Waals surface area contributed by atoms with Crippen LogP contribution in [0.2, 0.25) is 0 Å². The number of carbonyl (C=O) groups excluding carboxylic acids is 1. The van der Waals surface area contributed by atoms with E-state index < -0.39 is 0 Å². The summed E-state index contributed by atoms with van der Waals surface area (Å²) in [5, 5.41) is 12.3. The average molecular weight is 416 g/mol. The van der Waals surface area contributed by atoms with Crippen LogP contribution in [0.1, 0.15) is 11.1 Å². The molecule has 30 heavy (non-hydrogen) atoms. The minimum Gasteiger partial charge on any atom is -0.325 e. The lowest BCUT2D eigenvalue weighted by Gasteiger charge is -2.10. The number of carbonyl (C=O) groups is 1. The average Bonchev–Trinajstić information content (AvgIpc) is 3.20. The number of nitrogens with one attached hydrogen (secondary N) is 1. The zero-order chi connectivity index (χ0) is 20.9. The van der Waals surface area contributed by atoms with E-state index in [2.05, 4.69) is 20.5 Å². The zero-order valence-electron chi connectivity index (χ0n) is 16.7. The molecule has 2 heterocycles. The van der Waals surface area contributed by atoms with E-state index >= 15 is 0 Å². The summed E-state index contributed by atoms with van der Waals surface area (Å²) in [5.74, 6) is 0.853. The summed E-state index contributed by atoms with van der Waals surface area (Å²) in [4.78, 5) is 16.6. The molecular weight excluding hydrogens is 394 g/mol. The second kappa shape index (κ2) is 8.92. The molecular formula is C23H21N5OS. The van der Waals surface area contributed by atoms with Gasteiger partial charge in [0.2, 0.25) is 5.91 Å². The number of benzene rings is 2. The number of hydrogen-bond acceptors (Lipinski definition) is 5. The fourth-order valence-corrected chi connectivity index (χ4v) is 3.76. The van der Waals surface area contributed by atoms with Crippen molar-refractivity contribution in [2.75, 3.05) is 11.1 Å². The normalized spacial score (nSPS) is 10.7. The number of aromatic nitrogens is 4. The van der Waals surface area contributed by atoms with E-state index in [1.165, 1.54) is 17.3 Å². The summed E-state index contributed by atoms with van der Waals surface area (Å²) in [6.07, 6.45) is 3.45. The number of anilines is 1. The molecule has 0 spiro atoms. The van der Waals surface area contributed by atoms with Crippen LogP contribution in [0, 0.1) is 13.8 Å². The Bertz CT molecular complexity index is 1160. The first-order valence-corrected chi connectivity index (χ1v) is 10.5. The summed E-state index contributed by atoms with van der Waals surface area (Å²) in [6, 6.07) is 19.6. The molecule has 1 N–H and O–H groups in total. The quantitative estimate of drug-likeness (QED) is 0.463. The van der Waals surface area contributed by atoms with Gasteiger partial charge in [0.25, 0.3) is 0 Å². The molecule has 0 saturated heterocycles. The van der Waals surface area contributed by atoms with E-state index in [1.807, 2.05) is 79.1 Å². The molecule has 0 aliphatic heterocycles. The topological polar surface area (TPSA) is 72.7 Å². The lowest BCUT2D eigenvalue weighted by molar-refractivity contribution is -0.113. The SMILES string of the molecule is Cc1ccc(NC(=O)CSc2nnc(-c3ccncc3)n2-c2ccccc2)cc1C. The monoisotopic (exact) mass is 415 g/mol. The fourth-order valence-electron chi connectivity index (χ4n) is 3.01. The first-order chi connectivity index (χ1) is 14.6. The van der Waals surface area contributed by atoms with Crippen LogP contribution in [0.25, 0.3) is 17.1 Å². The number of nitrogens with zero attached hydrogens (tertiary/aromatic N) is 4. The van der Waals surface area contributed by atoms with Gasteiger partial charge in [0.1, 0.15) is 0 Å². The highest BCUT2D eigenvalue weighted by atomic mass is 32.2. The molecule has 4 aromatic rings. The van der Waals surface area contributed by atoms with Crippen LogP contribution in [0.3, 0.4) is 0 Å². The molecule has 4 rings (SSSR count). The maximum Gasteiger partial charge on any atom is 0.234 e. The molecule has 0 unspecified atom stereocenters. The molecule has 0 aliphatic carbocycles. The lowest BCUT2D eigenvalue weighted by Crippen LogP contribution is -2.14. The number of rotatable bonds is 6. The lowest BCUT2D eigenvalue weighted by atomic mass is 10.1. The highest BCUT2D eigenvalue weighted by Gasteiger charge is 2.17. The minimum atomic E-state index is -0.0867. The van der Waals surface area contributed by atoms with Gasteiger partial charge in [-0.1, -0.05) is 36.0 Å². The van der Waals surface area contributed by atoms with Crippen molar-refractivity contribution in [1.82, 2.24) is 19.7 Å². The number of pyridine rings is 1. The van der Waals surface area contributed by atoms with Crippen molar-refractivity contribution in [3.63, 3.8) is 0 Å². The van der Waals surface area contributed by atoms with Crippen molar-refractivity contribution < 1.29 is 4.79 Å². The fraction of sp³-hybridized carbons (Fsp3) is 0.130. The van der Waals surface area contributed by atoms with Crippen molar-refractivity contribution in [1.29, 1.82) is 0 Å². The molecule has 2 aromatic heterocycles. The van der Waals surface area contributed by atoms with Crippen LogP contribution in [0.15, 0.2) is 78.2 Å². The van der Waals surface area contributed by atoms with Crippen molar-refractivity contribution >= 4 is 23.4 Å². The number of para-hydroxylation sites is 1. The van der Waals surface area contributed by atoms with Crippen LogP contribution >= 0.6 is 11.8 Å². The van der Waals surface area contributed by atoms with Crippen LogP contribution in [0.5, 0.6) is 0 Å². The summed E-state index contributed by atoms with van der Waals surface area (Å²) in [7, 11) is 0. The van der Waals surface area contributed by atoms with Gasteiger partial charge in [-0.3, -0.25) is 14.3 Å². The number of aryl methyl sites for hydroxylation is 2.